The van der Waals surface area contributed by atoms with Gasteiger partial charge < -0.3 is 10.4 Å². The molecule has 1 aromatic heterocycles. The summed E-state index contributed by atoms with van der Waals surface area (Å²) in [6.07, 6.45) is 0.625. The highest BCUT2D eigenvalue weighted by Gasteiger charge is 2.16. The Morgan fingerprint density at radius 2 is 1.92 bits per heavy atom. The number of aromatic nitrogens is 2. The molecule has 3 N–H and O–H groups in total. The van der Waals surface area contributed by atoms with Gasteiger partial charge in [-0.2, -0.15) is 5.10 Å². The van der Waals surface area contributed by atoms with Crippen molar-refractivity contribution in [2.75, 3.05) is 6.54 Å². The number of benzene rings is 2. The minimum absolute atomic E-state index is 0.00458. The van der Waals surface area contributed by atoms with E-state index in [4.69, 9.17) is 5.11 Å². The lowest BCUT2D eigenvalue weighted by Crippen LogP contribution is -2.26. The molecule has 0 bridgehead atoms. The van der Waals surface area contributed by atoms with Crippen LogP contribution in [0.5, 0.6) is 0 Å². The van der Waals surface area contributed by atoms with E-state index in [9.17, 15) is 14.9 Å². The Morgan fingerprint density at radius 1 is 1.20 bits per heavy atom. The maximum atomic E-state index is 12.3. The van der Waals surface area contributed by atoms with Gasteiger partial charge in [0.25, 0.3) is 11.6 Å². The number of aliphatic hydroxyl groups is 1. The van der Waals surface area contributed by atoms with Gasteiger partial charge >= 0.3 is 0 Å². The van der Waals surface area contributed by atoms with Gasteiger partial charge in [-0.25, -0.2) is 0 Å². The lowest BCUT2D eigenvalue weighted by molar-refractivity contribution is -0.384. The third-order valence-corrected chi connectivity index (χ3v) is 3.88. The quantitative estimate of drug-likeness (QED) is 0.468. The summed E-state index contributed by atoms with van der Waals surface area (Å²) < 4.78 is 0. The molecular formula is C17H16N4O4. The Balaban J connectivity index is 1.67. The molecule has 2 aromatic carbocycles. The number of amides is 1. The lowest BCUT2D eigenvalue weighted by atomic mass is 10.1. The monoisotopic (exact) mass is 340 g/mol. The fourth-order valence-corrected chi connectivity index (χ4v) is 2.50. The van der Waals surface area contributed by atoms with Gasteiger partial charge in [-0.15, -0.1) is 0 Å². The minimum Gasteiger partial charge on any atom is -0.392 e. The highest BCUT2D eigenvalue weighted by molar-refractivity contribution is 6.05. The Morgan fingerprint density at radius 3 is 2.60 bits per heavy atom. The van der Waals surface area contributed by atoms with Crippen molar-refractivity contribution in [2.45, 2.75) is 13.0 Å². The third kappa shape index (κ3) is 3.64. The van der Waals surface area contributed by atoms with E-state index in [1.165, 1.54) is 18.2 Å². The second-order valence-electron chi connectivity index (χ2n) is 5.54. The van der Waals surface area contributed by atoms with Crippen molar-refractivity contribution < 1.29 is 14.8 Å². The van der Waals surface area contributed by atoms with Crippen LogP contribution in [0, 0.1) is 10.1 Å². The number of carbonyl (C=O) groups is 1. The molecule has 0 fully saturated rings. The van der Waals surface area contributed by atoms with Crippen LogP contribution >= 0.6 is 0 Å². The standard InChI is InChI=1S/C17H16N4O4/c22-10-12-3-1-11(2-4-12)7-8-18-17(23)16-14-9-13(21(24)25)5-6-15(14)19-20-16/h1-6,9,22H,7-8,10H2,(H,18,23)(H,19,20). The number of hydrogen-bond donors (Lipinski definition) is 3. The number of rotatable bonds is 6. The van der Waals surface area contributed by atoms with Crippen LogP contribution in [0.25, 0.3) is 10.9 Å². The number of carbonyl (C=O) groups excluding carboxylic acids is 1. The van der Waals surface area contributed by atoms with E-state index in [2.05, 4.69) is 15.5 Å². The normalized spacial score (nSPS) is 10.8. The fraction of sp³-hybridized carbons (Fsp3) is 0.176. The predicted molar refractivity (Wildman–Crippen MR) is 91.2 cm³/mol. The lowest BCUT2D eigenvalue weighted by Gasteiger charge is -2.05. The van der Waals surface area contributed by atoms with E-state index in [0.29, 0.717) is 23.9 Å². The smallest absolute Gasteiger partial charge is 0.272 e. The molecule has 0 saturated carbocycles. The van der Waals surface area contributed by atoms with Crippen LogP contribution < -0.4 is 5.32 Å². The summed E-state index contributed by atoms with van der Waals surface area (Å²) in [4.78, 5) is 22.7. The molecule has 3 rings (SSSR count). The van der Waals surface area contributed by atoms with Crippen LogP contribution in [0.15, 0.2) is 42.5 Å². The summed E-state index contributed by atoms with van der Waals surface area (Å²) in [5.74, 6) is -0.390. The van der Waals surface area contributed by atoms with Crippen LogP contribution in [0.4, 0.5) is 5.69 Å². The molecule has 8 heteroatoms. The number of nitrogens with one attached hydrogen (secondary N) is 2. The molecule has 0 aliphatic heterocycles. The summed E-state index contributed by atoms with van der Waals surface area (Å²) in [7, 11) is 0. The molecule has 128 valence electrons. The second kappa shape index (κ2) is 7.10. The van der Waals surface area contributed by atoms with E-state index in [-0.39, 0.29) is 18.0 Å². The average Bonchev–Trinajstić information content (AvgIpc) is 3.05. The number of non-ortho nitro benzene ring substituents is 1. The zero-order valence-corrected chi connectivity index (χ0v) is 13.2. The molecule has 0 saturated heterocycles. The molecule has 0 radical (unpaired) electrons. The number of H-pyrrole nitrogens is 1. The predicted octanol–water partition coefficient (Wildman–Crippen LogP) is 1.94. The van der Waals surface area contributed by atoms with Crippen molar-refractivity contribution in [1.82, 2.24) is 15.5 Å². The highest BCUT2D eigenvalue weighted by atomic mass is 16.6. The first-order chi connectivity index (χ1) is 12.1. The van der Waals surface area contributed by atoms with Gasteiger partial charge in [-0.1, -0.05) is 24.3 Å². The summed E-state index contributed by atoms with van der Waals surface area (Å²) in [5.41, 5.74) is 2.47. The zero-order valence-electron chi connectivity index (χ0n) is 13.2. The van der Waals surface area contributed by atoms with Crippen LogP contribution in [0.2, 0.25) is 0 Å². The van der Waals surface area contributed by atoms with Crippen molar-refractivity contribution >= 4 is 22.5 Å². The Kier molecular flexibility index (Phi) is 4.71. The molecule has 0 spiro atoms. The molecule has 1 heterocycles. The summed E-state index contributed by atoms with van der Waals surface area (Å²) >= 11 is 0. The molecule has 8 nitrogen and oxygen atoms in total. The number of nitro benzene ring substituents is 1. The first-order valence-electron chi connectivity index (χ1n) is 7.68. The van der Waals surface area contributed by atoms with Gasteiger partial charge in [0.1, 0.15) is 0 Å². The zero-order chi connectivity index (χ0) is 17.8. The van der Waals surface area contributed by atoms with Crippen LogP contribution in [0.1, 0.15) is 21.6 Å². The molecule has 0 aliphatic rings. The van der Waals surface area contributed by atoms with Crippen molar-refractivity contribution in [3.05, 3.63) is 69.4 Å². The Hall–Kier alpha value is -3.26. The van der Waals surface area contributed by atoms with Crippen molar-refractivity contribution in [2.24, 2.45) is 0 Å². The van der Waals surface area contributed by atoms with Gasteiger partial charge in [0.05, 0.1) is 17.0 Å². The number of nitrogens with zero attached hydrogens (tertiary/aromatic N) is 2. The van der Waals surface area contributed by atoms with Gasteiger partial charge in [0.15, 0.2) is 5.69 Å². The number of aromatic amines is 1. The van der Waals surface area contributed by atoms with E-state index < -0.39 is 10.8 Å². The van der Waals surface area contributed by atoms with Gasteiger partial charge in [-0.3, -0.25) is 20.0 Å². The number of fused-ring (bicyclic) bond motifs is 1. The first kappa shape index (κ1) is 16.6. The van der Waals surface area contributed by atoms with Crippen molar-refractivity contribution in [3.63, 3.8) is 0 Å². The molecule has 25 heavy (non-hydrogen) atoms. The molecule has 0 aliphatic carbocycles. The maximum Gasteiger partial charge on any atom is 0.272 e. The summed E-state index contributed by atoms with van der Waals surface area (Å²) in [6, 6.07) is 11.7. The van der Waals surface area contributed by atoms with Crippen LogP contribution in [0.3, 0.4) is 0 Å². The summed E-state index contributed by atoms with van der Waals surface area (Å²) in [5, 5.41) is 29.7. The molecule has 0 unspecified atom stereocenters. The van der Waals surface area contributed by atoms with Gasteiger partial charge in [0.2, 0.25) is 0 Å². The second-order valence-corrected chi connectivity index (χ2v) is 5.54. The number of hydrogen-bond acceptors (Lipinski definition) is 5. The van der Waals surface area contributed by atoms with Crippen LogP contribution in [-0.2, 0) is 13.0 Å². The highest BCUT2D eigenvalue weighted by Crippen LogP contribution is 2.22. The van der Waals surface area contributed by atoms with Gasteiger partial charge in [-0.05, 0) is 23.6 Å². The SMILES string of the molecule is O=C(NCCc1ccc(CO)cc1)c1n[nH]c2ccc([N+](=O)[O-])cc12. The molecule has 0 atom stereocenters. The average molecular weight is 340 g/mol. The van der Waals surface area contributed by atoms with Crippen LogP contribution in [-0.4, -0.2) is 32.7 Å². The molecular weight excluding hydrogens is 324 g/mol. The minimum atomic E-state index is -0.510. The third-order valence-electron chi connectivity index (χ3n) is 3.88. The largest absolute Gasteiger partial charge is 0.392 e. The van der Waals surface area contributed by atoms with E-state index >= 15 is 0 Å². The number of aliphatic hydroxyl groups excluding tert-OH is 1. The Bertz CT molecular complexity index is 918. The topological polar surface area (TPSA) is 121 Å². The first-order valence-corrected chi connectivity index (χ1v) is 7.68. The van der Waals surface area contributed by atoms with E-state index in [0.717, 1.165) is 11.1 Å². The fourth-order valence-electron chi connectivity index (χ4n) is 2.50. The van der Waals surface area contributed by atoms with E-state index in [1.807, 2.05) is 24.3 Å². The molecule has 1 amide bonds. The van der Waals surface area contributed by atoms with Gasteiger partial charge in [0, 0.05) is 24.1 Å². The summed E-state index contributed by atoms with van der Waals surface area (Å²) in [6.45, 7) is 0.399. The van der Waals surface area contributed by atoms with E-state index in [1.54, 1.807) is 0 Å². The Labute approximate surface area is 142 Å². The van der Waals surface area contributed by atoms with Crippen molar-refractivity contribution in [3.8, 4) is 0 Å². The number of nitro groups is 1. The maximum absolute atomic E-state index is 12.3. The molecule has 3 aromatic rings. The van der Waals surface area contributed by atoms with Crippen molar-refractivity contribution in [1.29, 1.82) is 0 Å².